The van der Waals surface area contributed by atoms with Gasteiger partial charge >= 0.3 is 0 Å². The molecule has 9 heteroatoms. The Balaban J connectivity index is 1.65. The van der Waals surface area contributed by atoms with Crippen LogP contribution < -0.4 is 11.1 Å². The largest absolute Gasteiger partial charge is 0.383 e. The zero-order chi connectivity index (χ0) is 18.8. The van der Waals surface area contributed by atoms with Crippen molar-refractivity contribution in [2.75, 3.05) is 50.4 Å². The van der Waals surface area contributed by atoms with E-state index in [1.54, 1.807) is 25.2 Å². The zero-order valence-electron chi connectivity index (χ0n) is 15.2. The van der Waals surface area contributed by atoms with Crippen molar-refractivity contribution in [3.05, 3.63) is 30.1 Å². The van der Waals surface area contributed by atoms with Crippen molar-refractivity contribution in [1.29, 1.82) is 0 Å². The fraction of sp³-hybridized carbons (Fsp3) is 0.389. The van der Waals surface area contributed by atoms with E-state index in [4.69, 9.17) is 10.5 Å². The number of rotatable bonds is 5. The van der Waals surface area contributed by atoms with Crippen molar-refractivity contribution < 1.29 is 9.13 Å². The number of aromatic nitrogens is 4. The van der Waals surface area contributed by atoms with E-state index in [2.05, 4.69) is 25.3 Å². The monoisotopic (exact) mass is 371 g/mol. The van der Waals surface area contributed by atoms with E-state index < -0.39 is 0 Å². The fourth-order valence-electron chi connectivity index (χ4n) is 3.19. The summed E-state index contributed by atoms with van der Waals surface area (Å²) in [5.41, 5.74) is 7.39. The summed E-state index contributed by atoms with van der Waals surface area (Å²) in [4.78, 5) is 11.3. The van der Waals surface area contributed by atoms with Crippen molar-refractivity contribution in [2.24, 2.45) is 7.05 Å². The molecule has 27 heavy (non-hydrogen) atoms. The van der Waals surface area contributed by atoms with E-state index in [-0.39, 0.29) is 5.82 Å². The van der Waals surface area contributed by atoms with Gasteiger partial charge in [-0.2, -0.15) is 10.1 Å². The Bertz CT molecular complexity index is 952. The number of nitrogens with zero attached hydrogens (tertiary/aromatic N) is 5. The second kappa shape index (κ2) is 7.45. The third-order valence-corrected chi connectivity index (χ3v) is 4.68. The SMILES string of the molecule is Cn1nc2nc(NCCN3CCOCC3)nc(-c3ccccc3F)c2c1N. The first-order valence-corrected chi connectivity index (χ1v) is 8.92. The molecule has 1 saturated heterocycles. The van der Waals surface area contributed by atoms with Gasteiger partial charge in [0, 0.05) is 38.8 Å². The standard InChI is InChI=1S/C18H22FN7O/c1-25-16(20)14-15(12-4-2-3-5-13(12)19)22-18(23-17(14)24-25)21-6-7-26-8-10-27-11-9-26/h2-5H,6-11,20H2,1H3,(H,21,23,24). The predicted octanol–water partition coefficient (Wildman–Crippen LogP) is 1.50. The van der Waals surface area contributed by atoms with Crippen LogP contribution in [0, 0.1) is 5.82 Å². The summed E-state index contributed by atoms with van der Waals surface area (Å²) in [6, 6.07) is 6.50. The highest BCUT2D eigenvalue weighted by Crippen LogP contribution is 2.32. The molecule has 0 saturated carbocycles. The third kappa shape index (κ3) is 3.56. The molecule has 1 aliphatic heterocycles. The lowest BCUT2D eigenvalue weighted by molar-refractivity contribution is 0.0398. The van der Waals surface area contributed by atoms with Crippen LogP contribution in [0.2, 0.25) is 0 Å². The number of morpholine rings is 1. The summed E-state index contributed by atoms with van der Waals surface area (Å²) in [6.07, 6.45) is 0. The van der Waals surface area contributed by atoms with Crippen LogP contribution in [0.3, 0.4) is 0 Å². The third-order valence-electron chi connectivity index (χ3n) is 4.68. The molecule has 3 heterocycles. The molecule has 1 aromatic carbocycles. The van der Waals surface area contributed by atoms with E-state index in [0.717, 1.165) is 32.8 Å². The smallest absolute Gasteiger partial charge is 0.225 e. The van der Waals surface area contributed by atoms with Crippen LogP contribution in [0.1, 0.15) is 0 Å². The van der Waals surface area contributed by atoms with Gasteiger partial charge in [0.25, 0.3) is 0 Å². The van der Waals surface area contributed by atoms with E-state index in [1.807, 2.05) is 0 Å². The predicted molar refractivity (Wildman–Crippen MR) is 102 cm³/mol. The van der Waals surface area contributed by atoms with Crippen LogP contribution in [-0.2, 0) is 11.8 Å². The van der Waals surface area contributed by atoms with Crippen molar-refractivity contribution in [1.82, 2.24) is 24.6 Å². The normalized spacial score (nSPS) is 15.3. The molecular formula is C18H22FN7O. The van der Waals surface area contributed by atoms with Gasteiger partial charge in [-0.1, -0.05) is 12.1 Å². The molecule has 1 aliphatic rings. The van der Waals surface area contributed by atoms with Gasteiger partial charge in [0.15, 0.2) is 5.65 Å². The second-order valence-electron chi connectivity index (χ2n) is 6.46. The van der Waals surface area contributed by atoms with Crippen LogP contribution in [0.15, 0.2) is 24.3 Å². The Morgan fingerprint density at radius 3 is 2.78 bits per heavy atom. The molecule has 0 unspecified atom stereocenters. The number of benzene rings is 1. The molecule has 0 atom stereocenters. The van der Waals surface area contributed by atoms with E-state index >= 15 is 0 Å². The van der Waals surface area contributed by atoms with Crippen LogP contribution in [0.4, 0.5) is 16.2 Å². The summed E-state index contributed by atoms with van der Waals surface area (Å²) in [7, 11) is 1.73. The van der Waals surface area contributed by atoms with Crippen LogP contribution >= 0.6 is 0 Å². The van der Waals surface area contributed by atoms with Crippen molar-refractivity contribution >= 4 is 22.8 Å². The van der Waals surface area contributed by atoms with Crippen LogP contribution in [-0.4, -0.2) is 64.0 Å². The lowest BCUT2D eigenvalue weighted by Crippen LogP contribution is -2.39. The number of hydrogen-bond acceptors (Lipinski definition) is 7. The molecule has 4 rings (SSSR count). The number of anilines is 2. The van der Waals surface area contributed by atoms with Crippen molar-refractivity contribution in [3.63, 3.8) is 0 Å². The molecule has 3 N–H and O–H groups in total. The molecule has 142 valence electrons. The van der Waals surface area contributed by atoms with Gasteiger partial charge in [0.05, 0.1) is 24.3 Å². The molecule has 1 fully saturated rings. The summed E-state index contributed by atoms with van der Waals surface area (Å²) >= 11 is 0. The van der Waals surface area contributed by atoms with Gasteiger partial charge in [-0.25, -0.2) is 9.37 Å². The highest BCUT2D eigenvalue weighted by Gasteiger charge is 2.19. The van der Waals surface area contributed by atoms with E-state index in [0.29, 0.717) is 40.6 Å². The van der Waals surface area contributed by atoms with Crippen LogP contribution in [0.25, 0.3) is 22.3 Å². The van der Waals surface area contributed by atoms with Crippen LogP contribution in [0.5, 0.6) is 0 Å². The Morgan fingerprint density at radius 1 is 1.22 bits per heavy atom. The summed E-state index contributed by atoms with van der Waals surface area (Å²) in [5, 5.41) is 8.12. The van der Waals surface area contributed by atoms with Gasteiger partial charge < -0.3 is 15.8 Å². The van der Waals surface area contributed by atoms with E-state index in [1.165, 1.54) is 10.7 Å². The summed E-state index contributed by atoms with van der Waals surface area (Å²) < 4.78 is 21.3. The summed E-state index contributed by atoms with van der Waals surface area (Å²) in [5.74, 6) is 0.454. The number of hydrogen-bond donors (Lipinski definition) is 2. The first-order valence-electron chi connectivity index (χ1n) is 8.92. The molecule has 0 bridgehead atoms. The number of halogens is 1. The number of ether oxygens (including phenoxy) is 1. The molecule has 8 nitrogen and oxygen atoms in total. The molecule has 0 radical (unpaired) electrons. The zero-order valence-corrected chi connectivity index (χ0v) is 15.2. The van der Waals surface area contributed by atoms with Crippen molar-refractivity contribution in [2.45, 2.75) is 0 Å². The average molecular weight is 371 g/mol. The minimum Gasteiger partial charge on any atom is -0.383 e. The second-order valence-corrected chi connectivity index (χ2v) is 6.46. The number of aryl methyl sites for hydroxylation is 1. The maximum Gasteiger partial charge on any atom is 0.225 e. The fourth-order valence-corrected chi connectivity index (χ4v) is 3.19. The van der Waals surface area contributed by atoms with Gasteiger partial charge in [-0.3, -0.25) is 9.58 Å². The van der Waals surface area contributed by atoms with Gasteiger partial charge in [-0.15, -0.1) is 0 Å². The quantitative estimate of drug-likeness (QED) is 0.702. The first-order chi connectivity index (χ1) is 13.1. The highest BCUT2D eigenvalue weighted by atomic mass is 19.1. The average Bonchev–Trinajstić information content (AvgIpc) is 2.96. The Morgan fingerprint density at radius 2 is 2.00 bits per heavy atom. The lowest BCUT2D eigenvalue weighted by atomic mass is 10.1. The molecule has 0 spiro atoms. The molecule has 3 aromatic rings. The minimum absolute atomic E-state index is 0.361. The van der Waals surface area contributed by atoms with E-state index in [9.17, 15) is 4.39 Å². The highest BCUT2D eigenvalue weighted by molar-refractivity contribution is 5.98. The Hall–Kier alpha value is -2.78. The Kier molecular flexibility index (Phi) is 4.87. The molecule has 2 aromatic heterocycles. The molecule has 0 amide bonds. The van der Waals surface area contributed by atoms with Gasteiger partial charge in [-0.05, 0) is 12.1 Å². The first kappa shape index (κ1) is 17.6. The number of nitrogens with two attached hydrogens (primary N) is 1. The Labute approximate surface area is 156 Å². The number of nitrogen functional groups attached to an aromatic ring is 1. The number of nitrogens with one attached hydrogen (secondary N) is 1. The topological polar surface area (TPSA) is 94.1 Å². The lowest BCUT2D eigenvalue weighted by Gasteiger charge is -2.26. The molecular weight excluding hydrogens is 349 g/mol. The summed E-state index contributed by atoms with van der Waals surface area (Å²) in [6.45, 7) is 4.87. The van der Waals surface area contributed by atoms with Crippen molar-refractivity contribution in [3.8, 4) is 11.3 Å². The number of fused-ring (bicyclic) bond motifs is 1. The van der Waals surface area contributed by atoms with Gasteiger partial charge in [0.2, 0.25) is 5.95 Å². The maximum atomic E-state index is 14.4. The maximum absolute atomic E-state index is 14.4. The minimum atomic E-state index is -0.361. The van der Waals surface area contributed by atoms with Gasteiger partial charge in [0.1, 0.15) is 11.6 Å². The molecule has 0 aliphatic carbocycles.